The lowest BCUT2D eigenvalue weighted by Crippen LogP contribution is -2.48. The number of pyridine rings is 1. The summed E-state index contributed by atoms with van der Waals surface area (Å²) < 4.78 is 1.59. The van der Waals surface area contributed by atoms with Crippen molar-refractivity contribution in [1.29, 1.82) is 0 Å². The van der Waals surface area contributed by atoms with E-state index in [0.29, 0.717) is 5.69 Å². The van der Waals surface area contributed by atoms with Gasteiger partial charge >= 0.3 is 0 Å². The van der Waals surface area contributed by atoms with E-state index in [1.165, 1.54) is 0 Å². The molecular weight excluding hydrogens is 266 g/mol. The second kappa shape index (κ2) is 5.95. The van der Waals surface area contributed by atoms with E-state index in [1.54, 1.807) is 30.2 Å². The lowest BCUT2D eigenvalue weighted by atomic mass is 10.1. The normalized spacial score (nSPS) is 18.5. The molecule has 21 heavy (non-hydrogen) atoms. The van der Waals surface area contributed by atoms with Gasteiger partial charge in [0.2, 0.25) is 0 Å². The Morgan fingerprint density at radius 1 is 1.33 bits per heavy atom. The Balaban J connectivity index is 1.64. The molecule has 1 saturated heterocycles. The average Bonchev–Trinajstić information content (AvgIpc) is 2.95. The number of carbonyl (C=O) groups is 1. The molecule has 0 aromatic carbocycles. The molecule has 0 radical (unpaired) electrons. The van der Waals surface area contributed by atoms with E-state index in [1.807, 2.05) is 18.2 Å². The van der Waals surface area contributed by atoms with Gasteiger partial charge in [0.1, 0.15) is 11.5 Å². The number of piperidine rings is 1. The molecule has 1 atom stereocenters. The predicted octanol–water partition coefficient (Wildman–Crippen LogP) is 1.21. The van der Waals surface area contributed by atoms with Crippen molar-refractivity contribution in [2.75, 3.05) is 18.0 Å². The van der Waals surface area contributed by atoms with Gasteiger partial charge < -0.3 is 10.2 Å². The van der Waals surface area contributed by atoms with Crippen molar-refractivity contribution >= 4 is 11.7 Å². The molecule has 0 bridgehead atoms. The van der Waals surface area contributed by atoms with Gasteiger partial charge in [0.25, 0.3) is 5.91 Å². The van der Waals surface area contributed by atoms with Gasteiger partial charge in [-0.3, -0.25) is 9.48 Å². The standard InChI is InChI=1S/C15H19N5O/c1-19-13(7-9-17-19)15(21)18-12-5-4-10-20(11-12)14-6-2-3-8-16-14/h2-3,6-9,12H,4-5,10-11H2,1H3,(H,18,21). The van der Waals surface area contributed by atoms with E-state index < -0.39 is 0 Å². The number of hydrogen-bond acceptors (Lipinski definition) is 4. The zero-order chi connectivity index (χ0) is 14.7. The molecule has 6 nitrogen and oxygen atoms in total. The van der Waals surface area contributed by atoms with Crippen LogP contribution in [-0.2, 0) is 7.05 Å². The minimum absolute atomic E-state index is 0.0668. The van der Waals surface area contributed by atoms with Crippen LogP contribution in [-0.4, -0.2) is 39.8 Å². The number of aromatic nitrogens is 3. The predicted molar refractivity (Wildman–Crippen MR) is 80.1 cm³/mol. The number of hydrogen-bond donors (Lipinski definition) is 1. The third kappa shape index (κ3) is 3.04. The largest absolute Gasteiger partial charge is 0.355 e. The van der Waals surface area contributed by atoms with Crippen LogP contribution in [0.15, 0.2) is 36.7 Å². The van der Waals surface area contributed by atoms with Gasteiger partial charge in [-0.15, -0.1) is 0 Å². The van der Waals surface area contributed by atoms with Gasteiger partial charge in [0.15, 0.2) is 0 Å². The smallest absolute Gasteiger partial charge is 0.269 e. The molecule has 1 N–H and O–H groups in total. The van der Waals surface area contributed by atoms with Crippen molar-refractivity contribution in [2.24, 2.45) is 7.05 Å². The first-order valence-electron chi connectivity index (χ1n) is 7.19. The number of carbonyl (C=O) groups excluding carboxylic acids is 1. The fraction of sp³-hybridized carbons (Fsp3) is 0.400. The summed E-state index contributed by atoms with van der Waals surface area (Å²) in [5.74, 6) is 0.903. The quantitative estimate of drug-likeness (QED) is 0.921. The lowest BCUT2D eigenvalue weighted by Gasteiger charge is -2.33. The molecule has 6 heteroatoms. The molecule has 3 rings (SSSR count). The van der Waals surface area contributed by atoms with E-state index in [9.17, 15) is 4.79 Å². The molecule has 1 unspecified atom stereocenters. The second-order valence-electron chi connectivity index (χ2n) is 5.29. The minimum atomic E-state index is -0.0668. The number of aryl methyl sites for hydroxylation is 1. The van der Waals surface area contributed by atoms with Gasteiger partial charge in [-0.25, -0.2) is 4.98 Å². The van der Waals surface area contributed by atoms with Crippen molar-refractivity contribution < 1.29 is 4.79 Å². The molecule has 0 saturated carbocycles. The SMILES string of the molecule is Cn1nccc1C(=O)NC1CCCN(c2ccccn2)C1. The molecule has 1 fully saturated rings. The van der Waals surface area contributed by atoms with Crippen molar-refractivity contribution in [3.05, 3.63) is 42.4 Å². The highest BCUT2D eigenvalue weighted by Gasteiger charge is 2.23. The molecule has 0 aliphatic carbocycles. The van der Waals surface area contributed by atoms with Crippen molar-refractivity contribution in [1.82, 2.24) is 20.1 Å². The molecule has 2 aromatic rings. The fourth-order valence-corrected chi connectivity index (χ4v) is 2.70. The van der Waals surface area contributed by atoms with E-state index >= 15 is 0 Å². The number of amides is 1. The number of nitrogens with one attached hydrogen (secondary N) is 1. The van der Waals surface area contributed by atoms with Gasteiger partial charge in [0, 0.05) is 38.6 Å². The van der Waals surface area contributed by atoms with E-state index in [-0.39, 0.29) is 11.9 Å². The van der Waals surface area contributed by atoms with E-state index in [2.05, 4.69) is 20.3 Å². The van der Waals surface area contributed by atoms with Crippen LogP contribution in [0.5, 0.6) is 0 Å². The van der Waals surface area contributed by atoms with E-state index in [0.717, 1.165) is 31.7 Å². The monoisotopic (exact) mass is 285 g/mol. The topological polar surface area (TPSA) is 63.1 Å². The second-order valence-corrected chi connectivity index (χ2v) is 5.29. The van der Waals surface area contributed by atoms with Crippen LogP contribution in [0, 0.1) is 0 Å². The Bertz CT molecular complexity index is 610. The van der Waals surface area contributed by atoms with Crippen LogP contribution in [0.1, 0.15) is 23.3 Å². The highest BCUT2D eigenvalue weighted by molar-refractivity contribution is 5.92. The molecule has 110 valence electrons. The summed E-state index contributed by atoms with van der Waals surface area (Å²) in [6, 6.07) is 7.78. The van der Waals surface area contributed by atoms with Crippen LogP contribution in [0.4, 0.5) is 5.82 Å². The van der Waals surface area contributed by atoms with Gasteiger partial charge in [-0.2, -0.15) is 5.10 Å². The fourth-order valence-electron chi connectivity index (χ4n) is 2.70. The Kier molecular flexibility index (Phi) is 3.85. The Labute approximate surface area is 123 Å². The highest BCUT2D eigenvalue weighted by Crippen LogP contribution is 2.17. The van der Waals surface area contributed by atoms with Crippen molar-refractivity contribution in [2.45, 2.75) is 18.9 Å². The summed E-state index contributed by atoms with van der Waals surface area (Å²) in [6.07, 6.45) is 5.48. The first-order chi connectivity index (χ1) is 10.2. The summed E-state index contributed by atoms with van der Waals surface area (Å²) >= 11 is 0. The third-order valence-electron chi connectivity index (χ3n) is 3.78. The van der Waals surface area contributed by atoms with Crippen LogP contribution in [0.2, 0.25) is 0 Å². The zero-order valence-corrected chi connectivity index (χ0v) is 12.1. The van der Waals surface area contributed by atoms with Crippen molar-refractivity contribution in [3.63, 3.8) is 0 Å². The first-order valence-corrected chi connectivity index (χ1v) is 7.19. The van der Waals surface area contributed by atoms with Crippen molar-refractivity contribution in [3.8, 4) is 0 Å². The first kappa shape index (κ1) is 13.6. The zero-order valence-electron chi connectivity index (χ0n) is 12.1. The number of nitrogens with zero attached hydrogens (tertiary/aromatic N) is 4. The Morgan fingerprint density at radius 2 is 2.24 bits per heavy atom. The molecular formula is C15H19N5O. The van der Waals surface area contributed by atoms with Crippen LogP contribution < -0.4 is 10.2 Å². The molecule has 1 amide bonds. The highest BCUT2D eigenvalue weighted by atomic mass is 16.2. The van der Waals surface area contributed by atoms with E-state index in [4.69, 9.17) is 0 Å². The number of anilines is 1. The van der Waals surface area contributed by atoms with Gasteiger partial charge in [-0.1, -0.05) is 6.07 Å². The summed E-state index contributed by atoms with van der Waals surface area (Å²) in [4.78, 5) is 18.8. The minimum Gasteiger partial charge on any atom is -0.355 e. The van der Waals surface area contributed by atoms with Gasteiger partial charge in [0.05, 0.1) is 0 Å². The molecule has 3 heterocycles. The Morgan fingerprint density at radius 3 is 2.95 bits per heavy atom. The maximum atomic E-state index is 12.2. The third-order valence-corrected chi connectivity index (χ3v) is 3.78. The van der Waals surface area contributed by atoms with Crippen LogP contribution in [0.3, 0.4) is 0 Å². The summed E-state index contributed by atoms with van der Waals surface area (Å²) in [5.41, 5.74) is 0.588. The number of rotatable bonds is 3. The molecule has 2 aromatic heterocycles. The maximum Gasteiger partial charge on any atom is 0.269 e. The summed E-state index contributed by atoms with van der Waals surface area (Å²) in [5, 5.41) is 7.12. The summed E-state index contributed by atoms with van der Waals surface area (Å²) in [6.45, 7) is 1.77. The lowest BCUT2D eigenvalue weighted by molar-refractivity contribution is 0.0923. The van der Waals surface area contributed by atoms with Gasteiger partial charge in [-0.05, 0) is 31.0 Å². The molecule has 0 spiro atoms. The van der Waals surface area contributed by atoms with Crippen LogP contribution >= 0.6 is 0 Å². The maximum absolute atomic E-state index is 12.2. The summed E-state index contributed by atoms with van der Waals surface area (Å²) in [7, 11) is 1.77. The molecule has 1 aliphatic heterocycles. The average molecular weight is 285 g/mol. The Hall–Kier alpha value is -2.37. The van der Waals surface area contributed by atoms with Crippen LogP contribution in [0.25, 0.3) is 0 Å². The molecule has 1 aliphatic rings.